The van der Waals surface area contributed by atoms with E-state index in [4.69, 9.17) is 4.98 Å². The van der Waals surface area contributed by atoms with Crippen LogP contribution in [0.5, 0.6) is 0 Å². The van der Waals surface area contributed by atoms with Crippen molar-refractivity contribution in [2.24, 2.45) is 0 Å². The van der Waals surface area contributed by atoms with E-state index < -0.39 is 0 Å². The summed E-state index contributed by atoms with van der Waals surface area (Å²) in [7, 11) is 0. The first-order chi connectivity index (χ1) is 9.79. The molecule has 0 aliphatic carbocycles. The Morgan fingerprint density at radius 1 is 1.25 bits per heavy atom. The summed E-state index contributed by atoms with van der Waals surface area (Å²) in [6.45, 7) is 3.31. The molecule has 2 nitrogen and oxygen atoms in total. The Morgan fingerprint density at radius 3 is 2.95 bits per heavy atom. The van der Waals surface area contributed by atoms with Crippen LogP contribution in [0.15, 0.2) is 30.3 Å². The predicted octanol–water partition coefficient (Wildman–Crippen LogP) is 4.69. The van der Waals surface area contributed by atoms with Crippen LogP contribution in [0.25, 0.3) is 10.9 Å². The molecule has 20 heavy (non-hydrogen) atoms. The van der Waals surface area contributed by atoms with Crippen LogP contribution < -0.4 is 4.90 Å². The van der Waals surface area contributed by atoms with Crippen LogP contribution in [-0.2, 0) is 0 Å². The van der Waals surface area contributed by atoms with Gasteiger partial charge in [0.2, 0.25) is 0 Å². The van der Waals surface area contributed by atoms with E-state index in [0.717, 1.165) is 17.4 Å². The zero-order chi connectivity index (χ0) is 13.9. The quantitative estimate of drug-likeness (QED) is 0.742. The highest BCUT2D eigenvalue weighted by Gasteiger charge is 2.22. The molecule has 1 aliphatic heterocycles. The average molecular weight is 333 g/mol. The Kier molecular flexibility index (Phi) is 4.25. The lowest BCUT2D eigenvalue weighted by Crippen LogP contribution is -2.37. The maximum atomic E-state index is 4.94. The number of pyridine rings is 1. The number of anilines is 1. The van der Waals surface area contributed by atoms with Gasteiger partial charge in [0.05, 0.1) is 5.52 Å². The summed E-state index contributed by atoms with van der Waals surface area (Å²) in [5.74, 6) is 1.18. The molecule has 0 N–H and O–H groups in total. The van der Waals surface area contributed by atoms with Crippen LogP contribution in [0, 0.1) is 6.92 Å². The van der Waals surface area contributed by atoms with Gasteiger partial charge in [0.15, 0.2) is 0 Å². The van der Waals surface area contributed by atoms with Gasteiger partial charge in [-0.3, -0.25) is 0 Å². The Morgan fingerprint density at radius 2 is 2.10 bits per heavy atom. The van der Waals surface area contributed by atoms with Crippen molar-refractivity contribution in [3.63, 3.8) is 0 Å². The molecule has 1 aliphatic rings. The highest BCUT2D eigenvalue weighted by Crippen LogP contribution is 2.28. The van der Waals surface area contributed by atoms with Gasteiger partial charge in [-0.05, 0) is 37.5 Å². The van der Waals surface area contributed by atoms with E-state index in [1.54, 1.807) is 0 Å². The smallest absolute Gasteiger partial charge is 0.132 e. The van der Waals surface area contributed by atoms with E-state index in [0.29, 0.717) is 6.04 Å². The van der Waals surface area contributed by atoms with Gasteiger partial charge in [-0.15, -0.1) is 0 Å². The number of aromatic nitrogens is 1. The zero-order valence-corrected chi connectivity index (χ0v) is 13.6. The molecular weight excluding hydrogens is 312 g/mol. The van der Waals surface area contributed by atoms with E-state index >= 15 is 0 Å². The van der Waals surface area contributed by atoms with Gasteiger partial charge in [-0.1, -0.05) is 47.0 Å². The Labute approximate surface area is 129 Å². The molecule has 1 aromatic carbocycles. The highest BCUT2D eigenvalue weighted by atomic mass is 79.9. The molecule has 2 heterocycles. The minimum atomic E-state index is 0.574. The first-order valence-electron chi connectivity index (χ1n) is 7.48. The summed E-state index contributed by atoms with van der Waals surface area (Å²) in [6, 6.07) is 11.2. The first-order valence-corrected chi connectivity index (χ1v) is 8.61. The van der Waals surface area contributed by atoms with Crippen LogP contribution in [0.4, 0.5) is 5.82 Å². The molecule has 1 saturated heterocycles. The number of rotatable bonds is 2. The van der Waals surface area contributed by atoms with Crippen molar-refractivity contribution in [2.75, 3.05) is 16.8 Å². The molecule has 0 radical (unpaired) electrons. The lowest BCUT2D eigenvalue weighted by Gasteiger charge is -2.31. The van der Waals surface area contributed by atoms with Crippen molar-refractivity contribution in [1.29, 1.82) is 0 Å². The predicted molar refractivity (Wildman–Crippen MR) is 89.9 cm³/mol. The van der Waals surface area contributed by atoms with E-state index in [1.165, 1.54) is 42.5 Å². The lowest BCUT2D eigenvalue weighted by molar-refractivity contribution is 0.621. The van der Waals surface area contributed by atoms with E-state index in [1.807, 2.05) is 0 Å². The lowest BCUT2D eigenvalue weighted by atomic mass is 10.1. The molecule has 1 atom stereocenters. The number of hydrogen-bond donors (Lipinski definition) is 0. The Hall–Kier alpha value is -1.09. The SMILES string of the molecule is Cc1cc2ccccc2nc1N1CCCCCC1CBr. The molecule has 106 valence electrons. The van der Waals surface area contributed by atoms with Crippen LogP contribution >= 0.6 is 15.9 Å². The van der Waals surface area contributed by atoms with Gasteiger partial charge in [0.25, 0.3) is 0 Å². The molecule has 0 spiro atoms. The number of hydrogen-bond acceptors (Lipinski definition) is 2. The molecule has 1 aromatic heterocycles. The second-order valence-corrected chi connectivity index (χ2v) is 6.32. The fraction of sp³-hybridized carbons (Fsp3) is 0.471. The standard InChI is InChI=1S/C17H21BrN2/c1-13-11-14-7-4-5-9-16(14)19-17(13)20-10-6-2-3-8-15(20)12-18/h4-5,7,9,11,15H,2-3,6,8,10,12H2,1H3. The summed E-state index contributed by atoms with van der Waals surface area (Å²) in [5.41, 5.74) is 2.39. The fourth-order valence-electron chi connectivity index (χ4n) is 3.12. The third-order valence-electron chi connectivity index (χ3n) is 4.22. The largest absolute Gasteiger partial charge is 0.353 e. The van der Waals surface area contributed by atoms with Crippen molar-refractivity contribution in [2.45, 2.75) is 38.6 Å². The van der Waals surface area contributed by atoms with E-state index in [2.05, 4.69) is 58.1 Å². The average Bonchev–Trinajstić information content (AvgIpc) is 2.71. The first kappa shape index (κ1) is 13.9. The maximum absolute atomic E-state index is 4.94. The van der Waals surface area contributed by atoms with Gasteiger partial charge >= 0.3 is 0 Å². The summed E-state index contributed by atoms with van der Waals surface area (Å²) in [4.78, 5) is 7.46. The highest BCUT2D eigenvalue weighted by molar-refractivity contribution is 9.09. The number of alkyl halides is 1. The molecular formula is C17H21BrN2. The van der Waals surface area contributed by atoms with Gasteiger partial charge in [-0.25, -0.2) is 4.98 Å². The number of aryl methyl sites for hydroxylation is 1. The van der Waals surface area contributed by atoms with Crippen molar-refractivity contribution >= 4 is 32.7 Å². The Bertz CT molecular complexity index is 597. The van der Waals surface area contributed by atoms with Crippen molar-refractivity contribution in [1.82, 2.24) is 4.98 Å². The minimum absolute atomic E-state index is 0.574. The molecule has 3 heteroatoms. The fourth-order valence-corrected chi connectivity index (χ4v) is 3.79. The number of fused-ring (bicyclic) bond motifs is 1. The van der Waals surface area contributed by atoms with Crippen LogP contribution in [0.3, 0.4) is 0 Å². The summed E-state index contributed by atoms with van der Waals surface area (Å²) >= 11 is 3.69. The van der Waals surface area contributed by atoms with Crippen LogP contribution in [0.2, 0.25) is 0 Å². The second-order valence-electron chi connectivity index (χ2n) is 5.67. The number of nitrogens with zero attached hydrogens (tertiary/aromatic N) is 2. The van der Waals surface area contributed by atoms with Crippen molar-refractivity contribution in [3.8, 4) is 0 Å². The monoisotopic (exact) mass is 332 g/mol. The number of benzene rings is 1. The van der Waals surface area contributed by atoms with E-state index in [9.17, 15) is 0 Å². The third kappa shape index (κ3) is 2.69. The second kappa shape index (κ2) is 6.13. The molecule has 1 unspecified atom stereocenters. The molecule has 0 saturated carbocycles. The van der Waals surface area contributed by atoms with Crippen LogP contribution in [0.1, 0.15) is 31.2 Å². The third-order valence-corrected chi connectivity index (χ3v) is 4.96. The Balaban J connectivity index is 2.04. The molecule has 3 rings (SSSR count). The van der Waals surface area contributed by atoms with Gasteiger partial charge < -0.3 is 4.90 Å². The van der Waals surface area contributed by atoms with Crippen LogP contribution in [-0.4, -0.2) is 22.9 Å². The van der Waals surface area contributed by atoms with Crippen molar-refractivity contribution in [3.05, 3.63) is 35.9 Å². The van der Waals surface area contributed by atoms with Crippen molar-refractivity contribution < 1.29 is 0 Å². The van der Waals surface area contributed by atoms with Gasteiger partial charge in [-0.2, -0.15) is 0 Å². The molecule has 0 amide bonds. The summed E-state index contributed by atoms with van der Waals surface area (Å²) < 4.78 is 0. The van der Waals surface area contributed by atoms with E-state index in [-0.39, 0.29) is 0 Å². The minimum Gasteiger partial charge on any atom is -0.353 e. The van der Waals surface area contributed by atoms with Gasteiger partial charge in [0, 0.05) is 23.3 Å². The maximum Gasteiger partial charge on any atom is 0.132 e. The summed E-state index contributed by atoms with van der Waals surface area (Å²) in [5, 5.41) is 2.26. The van der Waals surface area contributed by atoms with Gasteiger partial charge in [0.1, 0.15) is 5.82 Å². The molecule has 1 fully saturated rings. The number of para-hydroxylation sites is 1. The summed E-state index contributed by atoms with van der Waals surface area (Å²) in [6.07, 6.45) is 5.21. The zero-order valence-electron chi connectivity index (χ0n) is 12.0. The molecule has 0 bridgehead atoms. The topological polar surface area (TPSA) is 16.1 Å². The normalized spacial score (nSPS) is 20.1. The molecule has 2 aromatic rings. The number of halogens is 1.